The molecule has 2 fully saturated rings. The van der Waals surface area contributed by atoms with Gasteiger partial charge in [0.2, 0.25) is 11.8 Å². The third-order valence-electron chi connectivity index (χ3n) is 9.76. The van der Waals surface area contributed by atoms with Crippen LogP contribution >= 0.6 is 0 Å². The summed E-state index contributed by atoms with van der Waals surface area (Å²) in [6.45, 7) is 7.00. The summed E-state index contributed by atoms with van der Waals surface area (Å²) in [5.41, 5.74) is 4.34. The Hall–Kier alpha value is -4.87. The minimum atomic E-state index is -0.622. The summed E-state index contributed by atoms with van der Waals surface area (Å²) in [6.07, 6.45) is 10.8. The zero-order chi connectivity index (χ0) is 34.5. The first-order valence-corrected chi connectivity index (χ1v) is 17.5. The first kappa shape index (κ1) is 33.6. The number of hydrogen-bond acceptors (Lipinski definition) is 8. The number of rotatable bonds is 9. The van der Waals surface area contributed by atoms with Gasteiger partial charge in [0.15, 0.2) is 0 Å². The molecule has 0 spiro atoms. The molecule has 4 aliphatic rings. The van der Waals surface area contributed by atoms with Crippen molar-refractivity contribution < 1.29 is 23.5 Å². The largest absolute Gasteiger partial charge is 0.438 e. The Labute approximate surface area is 292 Å². The number of benzene rings is 2. The molecule has 0 radical (unpaired) electrons. The average Bonchev–Trinajstić information content (AvgIpc) is 3.42. The van der Waals surface area contributed by atoms with Crippen LogP contribution in [-0.2, 0) is 16.1 Å². The van der Waals surface area contributed by atoms with Crippen LogP contribution in [0.4, 0.5) is 4.39 Å². The van der Waals surface area contributed by atoms with Crippen LogP contribution in [-0.4, -0.2) is 83.4 Å². The molecule has 1 unspecified atom stereocenters. The van der Waals surface area contributed by atoms with E-state index in [9.17, 15) is 14.0 Å². The van der Waals surface area contributed by atoms with Crippen LogP contribution < -0.4 is 15.4 Å². The van der Waals surface area contributed by atoms with E-state index < -0.39 is 17.8 Å². The normalized spacial score (nSPS) is 22.2. The summed E-state index contributed by atoms with van der Waals surface area (Å²) in [6, 6.07) is 16.7. The number of aliphatic imine (C=N–C) groups is 1. The molecule has 1 atom stereocenters. The van der Waals surface area contributed by atoms with Crippen molar-refractivity contribution in [2.45, 2.75) is 63.7 Å². The first-order valence-electron chi connectivity index (χ1n) is 17.5. The molecule has 3 aromatic rings. The molecule has 11 heteroatoms. The van der Waals surface area contributed by atoms with Gasteiger partial charge in [-0.2, -0.15) is 0 Å². The van der Waals surface area contributed by atoms with Gasteiger partial charge in [0, 0.05) is 44.0 Å². The number of fused-ring (bicyclic) bond motifs is 1. The van der Waals surface area contributed by atoms with Gasteiger partial charge >= 0.3 is 0 Å². The number of amides is 2. The van der Waals surface area contributed by atoms with Crippen LogP contribution in [0.5, 0.6) is 11.6 Å². The molecular weight excluding hydrogens is 635 g/mol. The molecule has 1 aliphatic carbocycles. The highest BCUT2D eigenvalue weighted by Crippen LogP contribution is 2.30. The zero-order valence-electron chi connectivity index (χ0n) is 28.3. The van der Waals surface area contributed by atoms with Crippen molar-refractivity contribution in [3.8, 4) is 22.8 Å². The second-order valence-corrected chi connectivity index (χ2v) is 13.4. The lowest BCUT2D eigenvalue weighted by atomic mass is 9.90. The van der Waals surface area contributed by atoms with E-state index in [4.69, 9.17) is 9.47 Å². The van der Waals surface area contributed by atoms with Crippen molar-refractivity contribution in [3.05, 3.63) is 102 Å². The van der Waals surface area contributed by atoms with Crippen molar-refractivity contribution in [1.82, 2.24) is 25.4 Å². The Morgan fingerprint density at radius 2 is 1.78 bits per heavy atom. The lowest BCUT2D eigenvalue weighted by Crippen LogP contribution is -2.47. The van der Waals surface area contributed by atoms with Crippen molar-refractivity contribution in [2.24, 2.45) is 4.99 Å². The third kappa shape index (κ3) is 8.11. The summed E-state index contributed by atoms with van der Waals surface area (Å²) in [7, 11) is 0. The summed E-state index contributed by atoms with van der Waals surface area (Å²) in [4.78, 5) is 39.6. The molecule has 1 aromatic heterocycles. The molecule has 2 amide bonds. The quantitative estimate of drug-likeness (QED) is 0.303. The molecule has 2 aromatic carbocycles. The molecule has 4 heterocycles. The van der Waals surface area contributed by atoms with Gasteiger partial charge in [0.1, 0.15) is 29.0 Å². The fourth-order valence-electron chi connectivity index (χ4n) is 6.98. The second kappa shape index (κ2) is 15.3. The number of aromatic nitrogens is 1. The van der Waals surface area contributed by atoms with Crippen LogP contribution in [0.3, 0.4) is 0 Å². The number of ether oxygens (including phenoxy) is 2. The molecule has 260 valence electrons. The van der Waals surface area contributed by atoms with Crippen LogP contribution in [0.15, 0.2) is 89.7 Å². The Balaban J connectivity index is 0.935. The summed E-state index contributed by atoms with van der Waals surface area (Å²) < 4.78 is 26.0. The van der Waals surface area contributed by atoms with Crippen molar-refractivity contribution in [3.63, 3.8) is 0 Å². The van der Waals surface area contributed by atoms with Crippen molar-refractivity contribution >= 4 is 17.6 Å². The maximum absolute atomic E-state index is 14.4. The fourth-order valence-corrected chi connectivity index (χ4v) is 6.98. The van der Waals surface area contributed by atoms with Gasteiger partial charge in [0.25, 0.3) is 5.91 Å². The molecule has 50 heavy (non-hydrogen) atoms. The van der Waals surface area contributed by atoms with E-state index in [1.807, 2.05) is 43.4 Å². The molecule has 3 aliphatic heterocycles. The molecule has 0 bridgehead atoms. The highest BCUT2D eigenvalue weighted by molar-refractivity contribution is 6.00. The van der Waals surface area contributed by atoms with E-state index in [1.165, 1.54) is 5.56 Å². The minimum absolute atomic E-state index is 0.00762. The van der Waals surface area contributed by atoms with Gasteiger partial charge in [-0.05, 0) is 86.1 Å². The van der Waals surface area contributed by atoms with Crippen LogP contribution in [0.25, 0.3) is 11.1 Å². The number of hydrogen-bond donors (Lipinski definition) is 2. The van der Waals surface area contributed by atoms with E-state index in [1.54, 1.807) is 6.07 Å². The number of nitrogens with zero attached hydrogens (tertiary/aromatic N) is 4. The lowest BCUT2D eigenvalue weighted by molar-refractivity contribution is -0.123. The van der Waals surface area contributed by atoms with E-state index in [0.717, 1.165) is 74.2 Å². The van der Waals surface area contributed by atoms with E-state index in [-0.39, 0.29) is 29.4 Å². The standard InChI is InChI=1S/C39H43FN6O4/c1-26-5-2-8-36-44-35(25-46(26)36)38(48)43-32-15-13-31(14-16-32)42-37(47)34-22-30(40)23-41-39(34)50-33-7-3-6-29(21-33)28-11-9-27(10-12-28)24-45-17-4-19-49-20-18-45/h2-3,5-12,21-23,31-32,35H,4,13-20,24-25H2,1H3,(H,42,47)(H,43,48)/t31-,32+,35?. The van der Waals surface area contributed by atoms with E-state index >= 15 is 0 Å². The highest BCUT2D eigenvalue weighted by Gasteiger charge is 2.33. The molecular formula is C39H43FN6O4. The number of carbonyl (C=O) groups is 2. The minimum Gasteiger partial charge on any atom is -0.438 e. The van der Waals surface area contributed by atoms with Gasteiger partial charge in [-0.25, -0.2) is 9.37 Å². The maximum atomic E-state index is 14.4. The number of halogens is 1. The summed E-state index contributed by atoms with van der Waals surface area (Å²) in [5, 5.41) is 6.20. The number of amidine groups is 1. The van der Waals surface area contributed by atoms with Crippen LogP contribution in [0.2, 0.25) is 0 Å². The third-order valence-corrected chi connectivity index (χ3v) is 9.76. The van der Waals surface area contributed by atoms with Crippen LogP contribution in [0, 0.1) is 5.82 Å². The number of pyridine rings is 1. The zero-order valence-corrected chi connectivity index (χ0v) is 28.3. The molecule has 1 saturated carbocycles. The molecule has 2 N–H and O–H groups in total. The average molecular weight is 679 g/mol. The lowest BCUT2D eigenvalue weighted by Gasteiger charge is -2.30. The summed E-state index contributed by atoms with van der Waals surface area (Å²) in [5.74, 6) is 0.202. The first-order chi connectivity index (χ1) is 24.4. The van der Waals surface area contributed by atoms with E-state index in [0.29, 0.717) is 38.0 Å². The number of nitrogens with one attached hydrogen (secondary N) is 2. The van der Waals surface area contributed by atoms with Gasteiger partial charge in [-0.3, -0.25) is 19.5 Å². The predicted octanol–water partition coefficient (Wildman–Crippen LogP) is 5.62. The SMILES string of the molecule is CC1=CC=CC2=NC(C(=O)N[C@H]3CC[C@@H](NC(=O)c4cc(F)cnc4Oc4cccc(-c5ccc(CN6CCCOCC6)cc5)c4)CC3)CN12. The summed E-state index contributed by atoms with van der Waals surface area (Å²) >= 11 is 0. The molecule has 1 saturated heterocycles. The van der Waals surface area contributed by atoms with Crippen molar-refractivity contribution in [2.75, 3.05) is 32.8 Å². The van der Waals surface area contributed by atoms with Gasteiger partial charge in [-0.1, -0.05) is 42.5 Å². The monoisotopic (exact) mass is 678 g/mol. The van der Waals surface area contributed by atoms with Crippen molar-refractivity contribution in [1.29, 1.82) is 0 Å². The van der Waals surface area contributed by atoms with Gasteiger partial charge < -0.3 is 25.0 Å². The highest BCUT2D eigenvalue weighted by atomic mass is 19.1. The fraction of sp³-hybridized carbons (Fsp3) is 0.385. The van der Waals surface area contributed by atoms with Gasteiger partial charge in [0.05, 0.1) is 19.3 Å². The van der Waals surface area contributed by atoms with E-state index in [2.05, 4.69) is 54.7 Å². The maximum Gasteiger partial charge on any atom is 0.257 e. The van der Waals surface area contributed by atoms with Gasteiger partial charge in [-0.15, -0.1) is 0 Å². The second-order valence-electron chi connectivity index (χ2n) is 13.4. The Kier molecular flexibility index (Phi) is 10.3. The van der Waals surface area contributed by atoms with Crippen LogP contribution in [0.1, 0.15) is 54.9 Å². The molecule has 10 nitrogen and oxygen atoms in total. The smallest absolute Gasteiger partial charge is 0.257 e. The topological polar surface area (TPSA) is 108 Å². The Morgan fingerprint density at radius 3 is 2.58 bits per heavy atom. The number of allylic oxidation sites excluding steroid dienone is 3. The Bertz CT molecular complexity index is 1790. The predicted molar refractivity (Wildman–Crippen MR) is 189 cm³/mol. The Morgan fingerprint density at radius 1 is 0.980 bits per heavy atom. The molecule has 7 rings (SSSR count). The number of carbonyl (C=O) groups excluding carboxylic acids is 2.